The zero-order chi connectivity index (χ0) is 22.8. The number of rotatable bonds is 6. The molecule has 3 rings (SSSR count). The Labute approximate surface area is 173 Å². The fourth-order valence-corrected chi connectivity index (χ4v) is 2.90. The highest BCUT2D eigenvalue weighted by molar-refractivity contribution is 6.05. The highest BCUT2D eigenvalue weighted by atomic mass is 19.3. The Bertz CT molecular complexity index is 1070. The molecule has 0 unspecified atom stereocenters. The molecule has 1 amide bonds. The maximum absolute atomic E-state index is 14.2. The molecular formula is C19H17F2N3O7. The van der Waals surface area contributed by atoms with Gasteiger partial charge >= 0.3 is 17.6 Å². The van der Waals surface area contributed by atoms with Gasteiger partial charge in [0.2, 0.25) is 6.23 Å². The van der Waals surface area contributed by atoms with Gasteiger partial charge in [-0.3, -0.25) is 9.36 Å². The molecule has 1 aromatic carbocycles. The number of aromatic nitrogens is 2. The molecular weight excluding hydrogens is 420 g/mol. The van der Waals surface area contributed by atoms with Crippen LogP contribution in [0.15, 0.2) is 54.2 Å². The summed E-state index contributed by atoms with van der Waals surface area (Å²) in [5, 5.41) is 20.9. The maximum Gasteiger partial charge on any atom is 0.351 e. The first kappa shape index (κ1) is 22.2. The lowest BCUT2D eigenvalue weighted by atomic mass is 10.1. The standard InChI is InChI=1S/C19H17F2N3O7/c1-2-30-16(28)11-5-3-4-10(8-11)15(27)22-13-6-7-24(18(29)23-13)17-19(20,21)14(26)12(9-25)31-17/h2-8,12,14,17,25-26H,1,9H2,(H,22,23,27,29)/t12-,14-,17-/m1/s1. The minimum atomic E-state index is -3.86. The molecule has 2 heterocycles. The van der Waals surface area contributed by atoms with Gasteiger partial charge in [0.15, 0.2) is 6.10 Å². The number of hydrogen-bond acceptors (Lipinski definition) is 8. The number of nitrogens with one attached hydrogen (secondary N) is 1. The number of amides is 1. The summed E-state index contributed by atoms with van der Waals surface area (Å²) >= 11 is 0. The van der Waals surface area contributed by atoms with Crippen LogP contribution in [0.5, 0.6) is 0 Å². The van der Waals surface area contributed by atoms with E-state index in [1.165, 1.54) is 24.3 Å². The molecule has 0 bridgehead atoms. The predicted octanol–water partition coefficient (Wildman–Crippen LogP) is 0.682. The summed E-state index contributed by atoms with van der Waals surface area (Å²) in [7, 11) is 0. The largest absolute Gasteiger partial charge is 0.432 e. The van der Waals surface area contributed by atoms with Gasteiger partial charge in [0.25, 0.3) is 5.91 Å². The molecule has 0 radical (unpaired) electrons. The van der Waals surface area contributed by atoms with Gasteiger partial charge in [0, 0.05) is 11.8 Å². The summed E-state index contributed by atoms with van der Waals surface area (Å²) in [4.78, 5) is 39.9. The van der Waals surface area contributed by atoms with Crippen molar-refractivity contribution in [3.63, 3.8) is 0 Å². The van der Waals surface area contributed by atoms with E-state index in [-0.39, 0.29) is 16.9 Å². The molecule has 164 valence electrons. The first-order valence-electron chi connectivity index (χ1n) is 8.83. The zero-order valence-corrected chi connectivity index (χ0v) is 15.8. The monoisotopic (exact) mass is 437 g/mol. The van der Waals surface area contributed by atoms with Crippen LogP contribution in [-0.4, -0.2) is 56.4 Å². The van der Waals surface area contributed by atoms with Crippen molar-refractivity contribution in [1.82, 2.24) is 9.55 Å². The number of nitrogens with zero attached hydrogens (tertiary/aromatic N) is 2. The summed E-state index contributed by atoms with van der Waals surface area (Å²) < 4.78 is 38.4. The third-order valence-corrected chi connectivity index (χ3v) is 4.43. The van der Waals surface area contributed by atoms with Crippen LogP contribution >= 0.6 is 0 Å². The number of carbonyl (C=O) groups excluding carboxylic acids is 2. The van der Waals surface area contributed by atoms with Crippen LogP contribution in [-0.2, 0) is 9.47 Å². The number of halogens is 2. The summed E-state index contributed by atoms with van der Waals surface area (Å²) in [6.07, 6.45) is -4.22. The van der Waals surface area contributed by atoms with Gasteiger partial charge in [-0.15, -0.1) is 0 Å². The van der Waals surface area contributed by atoms with E-state index in [2.05, 4.69) is 21.6 Å². The third-order valence-electron chi connectivity index (χ3n) is 4.43. The Kier molecular flexibility index (Phi) is 6.24. The van der Waals surface area contributed by atoms with E-state index in [1.807, 2.05) is 0 Å². The smallest absolute Gasteiger partial charge is 0.351 e. The predicted molar refractivity (Wildman–Crippen MR) is 100 cm³/mol. The topological polar surface area (TPSA) is 140 Å². The van der Waals surface area contributed by atoms with E-state index in [9.17, 15) is 28.3 Å². The van der Waals surface area contributed by atoms with E-state index < -0.39 is 48.5 Å². The Hall–Kier alpha value is -3.48. The molecule has 0 spiro atoms. The van der Waals surface area contributed by atoms with Crippen molar-refractivity contribution in [2.75, 3.05) is 11.9 Å². The SMILES string of the molecule is C=COC(=O)c1cccc(C(=O)Nc2ccn([C@@H]3O[C@H](CO)[C@@H](O)C3(F)F)c(=O)n2)c1. The molecule has 3 N–H and O–H groups in total. The highest BCUT2D eigenvalue weighted by Crippen LogP contribution is 2.41. The first-order valence-corrected chi connectivity index (χ1v) is 8.83. The lowest BCUT2D eigenvalue weighted by Crippen LogP contribution is -2.41. The van der Waals surface area contributed by atoms with Crippen molar-refractivity contribution in [2.24, 2.45) is 0 Å². The molecule has 1 fully saturated rings. The number of aliphatic hydroxyl groups is 2. The van der Waals surface area contributed by atoms with Crippen LogP contribution in [0.4, 0.5) is 14.6 Å². The fourth-order valence-electron chi connectivity index (χ4n) is 2.90. The summed E-state index contributed by atoms with van der Waals surface area (Å²) in [5.74, 6) is -5.56. The van der Waals surface area contributed by atoms with Crippen LogP contribution in [0, 0.1) is 0 Å². The van der Waals surface area contributed by atoms with Crippen molar-refractivity contribution >= 4 is 17.7 Å². The van der Waals surface area contributed by atoms with Gasteiger partial charge in [-0.2, -0.15) is 13.8 Å². The Morgan fingerprint density at radius 2 is 2.06 bits per heavy atom. The van der Waals surface area contributed by atoms with Crippen LogP contribution < -0.4 is 11.0 Å². The summed E-state index contributed by atoms with van der Waals surface area (Å²) in [6.45, 7) is 2.39. The normalized spacial score (nSPS) is 22.0. The van der Waals surface area contributed by atoms with Crippen LogP contribution in [0.3, 0.4) is 0 Å². The highest BCUT2D eigenvalue weighted by Gasteiger charge is 2.59. The van der Waals surface area contributed by atoms with E-state index in [4.69, 9.17) is 9.84 Å². The zero-order valence-electron chi connectivity index (χ0n) is 15.8. The number of hydrogen-bond donors (Lipinski definition) is 3. The molecule has 10 nitrogen and oxygen atoms in total. The molecule has 2 aromatic rings. The number of benzene rings is 1. The molecule has 3 atom stereocenters. The van der Waals surface area contributed by atoms with Crippen molar-refractivity contribution in [1.29, 1.82) is 0 Å². The van der Waals surface area contributed by atoms with E-state index in [0.717, 1.165) is 18.5 Å². The maximum atomic E-state index is 14.2. The van der Waals surface area contributed by atoms with Gasteiger partial charge in [0.1, 0.15) is 11.9 Å². The fraction of sp³-hybridized carbons (Fsp3) is 0.263. The molecule has 1 saturated heterocycles. The van der Waals surface area contributed by atoms with E-state index in [0.29, 0.717) is 4.57 Å². The average molecular weight is 437 g/mol. The van der Waals surface area contributed by atoms with E-state index in [1.54, 1.807) is 0 Å². The van der Waals surface area contributed by atoms with Gasteiger partial charge in [-0.05, 0) is 24.3 Å². The second-order valence-electron chi connectivity index (χ2n) is 6.44. The van der Waals surface area contributed by atoms with E-state index >= 15 is 0 Å². The molecule has 12 heteroatoms. The number of ether oxygens (including phenoxy) is 2. The summed E-state index contributed by atoms with van der Waals surface area (Å²) in [6, 6.07) is 6.56. The molecule has 1 aliphatic rings. The second kappa shape index (κ2) is 8.71. The van der Waals surface area contributed by atoms with Crippen LogP contribution in [0.1, 0.15) is 26.9 Å². The van der Waals surface area contributed by atoms with Crippen LogP contribution in [0.2, 0.25) is 0 Å². The Morgan fingerprint density at radius 3 is 2.68 bits per heavy atom. The number of alkyl halides is 2. The van der Waals surface area contributed by atoms with Crippen molar-refractivity contribution in [3.05, 3.63) is 71.0 Å². The minimum absolute atomic E-state index is 0.0454. The molecule has 1 aromatic heterocycles. The number of anilines is 1. The average Bonchev–Trinajstić information content (AvgIpc) is 2.97. The van der Waals surface area contributed by atoms with Gasteiger partial charge in [0.05, 0.1) is 18.4 Å². The number of esters is 1. The van der Waals surface area contributed by atoms with Gasteiger partial charge in [-0.1, -0.05) is 12.6 Å². The minimum Gasteiger partial charge on any atom is -0.432 e. The van der Waals surface area contributed by atoms with Crippen molar-refractivity contribution in [3.8, 4) is 0 Å². The van der Waals surface area contributed by atoms with Gasteiger partial charge in [-0.25, -0.2) is 9.59 Å². The quantitative estimate of drug-likeness (QED) is 0.443. The lowest BCUT2D eigenvalue weighted by molar-refractivity contribution is -0.140. The summed E-state index contributed by atoms with van der Waals surface area (Å²) in [5.41, 5.74) is -1.06. The second-order valence-corrected chi connectivity index (χ2v) is 6.44. The molecule has 0 aliphatic carbocycles. The third kappa shape index (κ3) is 4.35. The Balaban J connectivity index is 1.79. The van der Waals surface area contributed by atoms with Crippen molar-refractivity contribution < 1.29 is 38.1 Å². The number of carbonyl (C=O) groups is 2. The Morgan fingerprint density at radius 1 is 1.35 bits per heavy atom. The number of aliphatic hydroxyl groups excluding tert-OH is 2. The molecule has 1 aliphatic heterocycles. The first-order chi connectivity index (χ1) is 14.7. The lowest BCUT2D eigenvalue weighted by Gasteiger charge is -2.21. The van der Waals surface area contributed by atoms with Crippen molar-refractivity contribution in [2.45, 2.75) is 24.4 Å². The molecule has 0 saturated carbocycles. The molecule has 31 heavy (non-hydrogen) atoms. The van der Waals surface area contributed by atoms with Crippen LogP contribution in [0.25, 0.3) is 0 Å². The van der Waals surface area contributed by atoms with Gasteiger partial charge < -0.3 is 25.0 Å².